The van der Waals surface area contributed by atoms with Crippen molar-refractivity contribution in [1.29, 1.82) is 0 Å². The smallest absolute Gasteiger partial charge is 0.337 e. The summed E-state index contributed by atoms with van der Waals surface area (Å²) in [6.45, 7) is 2.36. The molecular weight excluding hydrogens is 404 g/mol. The summed E-state index contributed by atoms with van der Waals surface area (Å²) in [5.41, 5.74) is 1.78. The fourth-order valence-electron chi connectivity index (χ4n) is 2.89. The van der Waals surface area contributed by atoms with Crippen LogP contribution in [0.5, 0.6) is 11.5 Å². The molecule has 0 N–H and O–H groups in total. The van der Waals surface area contributed by atoms with E-state index >= 15 is 0 Å². The first kappa shape index (κ1) is 21.4. The van der Waals surface area contributed by atoms with Gasteiger partial charge in [-0.3, -0.25) is 9.69 Å². The topological polar surface area (TPSA) is 77.4 Å². The number of likely N-dealkylation sites (N-methyl/N-ethyl adjacent to an activating group) is 1. The fourth-order valence-corrected chi connectivity index (χ4v) is 3.96. The van der Waals surface area contributed by atoms with Crippen molar-refractivity contribution in [1.82, 2.24) is 4.90 Å². The largest absolute Gasteiger partial charge is 0.493 e. The lowest BCUT2D eigenvalue weighted by Gasteiger charge is -2.12. The Bertz CT molecular complexity index is 1030. The van der Waals surface area contributed by atoms with Gasteiger partial charge in [0.2, 0.25) is 0 Å². The maximum atomic E-state index is 12.9. The monoisotopic (exact) mass is 426 g/mol. The van der Waals surface area contributed by atoms with E-state index in [1.54, 1.807) is 55.5 Å². The van der Waals surface area contributed by atoms with Gasteiger partial charge in [-0.1, -0.05) is 12.1 Å². The van der Waals surface area contributed by atoms with Crippen LogP contribution in [0.3, 0.4) is 0 Å². The van der Waals surface area contributed by atoms with Crippen molar-refractivity contribution in [2.24, 2.45) is 4.99 Å². The van der Waals surface area contributed by atoms with Crippen LogP contribution in [0, 0.1) is 0 Å². The summed E-state index contributed by atoms with van der Waals surface area (Å²) < 4.78 is 15.3. The molecular formula is C22H22N2O5S. The van der Waals surface area contributed by atoms with Crippen LogP contribution in [-0.2, 0) is 9.53 Å². The van der Waals surface area contributed by atoms with Crippen LogP contribution in [0.2, 0.25) is 0 Å². The third-order valence-electron chi connectivity index (χ3n) is 4.40. The number of carbonyl (C=O) groups is 2. The van der Waals surface area contributed by atoms with Crippen molar-refractivity contribution in [3.8, 4) is 11.5 Å². The maximum absolute atomic E-state index is 12.9. The first-order valence-corrected chi connectivity index (χ1v) is 10.0. The average molecular weight is 426 g/mol. The van der Waals surface area contributed by atoms with Gasteiger partial charge in [0.05, 0.1) is 37.5 Å². The zero-order valence-corrected chi connectivity index (χ0v) is 18.0. The minimum atomic E-state index is -0.436. The lowest BCUT2D eigenvalue weighted by Crippen LogP contribution is -2.28. The fraction of sp³-hybridized carbons (Fsp3) is 0.227. The molecule has 1 saturated heterocycles. The number of aliphatic imine (C=N–C) groups is 1. The molecule has 0 unspecified atom stereocenters. The number of ether oxygens (including phenoxy) is 3. The first-order chi connectivity index (χ1) is 14.5. The Morgan fingerprint density at radius 3 is 2.53 bits per heavy atom. The molecule has 1 fully saturated rings. The van der Waals surface area contributed by atoms with Crippen molar-refractivity contribution in [3.05, 3.63) is 58.5 Å². The minimum absolute atomic E-state index is 0.125. The Labute approximate surface area is 179 Å². The van der Waals surface area contributed by atoms with Gasteiger partial charge >= 0.3 is 5.97 Å². The highest BCUT2D eigenvalue weighted by Gasteiger charge is 2.32. The number of hydrogen-bond donors (Lipinski definition) is 0. The second-order valence-electron chi connectivity index (χ2n) is 6.21. The van der Waals surface area contributed by atoms with Crippen LogP contribution in [0.25, 0.3) is 6.08 Å². The summed E-state index contributed by atoms with van der Waals surface area (Å²) in [4.78, 5) is 31.4. The van der Waals surface area contributed by atoms with Crippen LogP contribution in [0.15, 0.2) is 52.4 Å². The Morgan fingerprint density at radius 1 is 1.10 bits per heavy atom. The molecule has 0 aliphatic carbocycles. The van der Waals surface area contributed by atoms with E-state index in [9.17, 15) is 9.59 Å². The molecule has 0 aromatic heterocycles. The van der Waals surface area contributed by atoms with E-state index in [1.165, 1.54) is 18.9 Å². The Morgan fingerprint density at radius 2 is 1.87 bits per heavy atom. The third-order valence-corrected chi connectivity index (χ3v) is 5.41. The number of carbonyl (C=O) groups excluding carboxylic acids is 2. The van der Waals surface area contributed by atoms with E-state index in [0.717, 1.165) is 5.56 Å². The van der Waals surface area contributed by atoms with E-state index in [-0.39, 0.29) is 5.91 Å². The van der Waals surface area contributed by atoms with Crippen LogP contribution in [0.4, 0.5) is 5.69 Å². The SMILES string of the molecule is CCN1C(=O)C(=Cc2ccc(OC)c(OC)c2)SC1=Nc1cccc(C(=O)OC)c1. The van der Waals surface area contributed by atoms with E-state index in [2.05, 4.69) is 4.99 Å². The van der Waals surface area contributed by atoms with Crippen molar-refractivity contribution < 1.29 is 23.8 Å². The van der Waals surface area contributed by atoms with Crippen molar-refractivity contribution in [3.63, 3.8) is 0 Å². The van der Waals surface area contributed by atoms with Gasteiger partial charge in [0.1, 0.15) is 0 Å². The van der Waals surface area contributed by atoms with Gasteiger partial charge in [0.25, 0.3) is 5.91 Å². The molecule has 2 aromatic rings. The summed E-state index contributed by atoms with van der Waals surface area (Å²) in [6, 6.07) is 12.2. The van der Waals surface area contributed by atoms with Crippen molar-refractivity contribution >= 4 is 40.6 Å². The van der Waals surface area contributed by atoms with Crippen LogP contribution in [0.1, 0.15) is 22.8 Å². The zero-order chi connectivity index (χ0) is 21.7. The van der Waals surface area contributed by atoms with Crippen LogP contribution in [-0.4, -0.2) is 49.8 Å². The van der Waals surface area contributed by atoms with Gasteiger partial charge in [-0.05, 0) is 60.7 Å². The standard InChI is InChI=1S/C22H22N2O5S/c1-5-24-20(25)19(12-14-9-10-17(27-2)18(11-14)28-3)30-22(24)23-16-8-6-7-15(13-16)21(26)29-4/h6-13H,5H2,1-4H3. The van der Waals surface area contributed by atoms with Gasteiger partial charge in [-0.15, -0.1) is 0 Å². The summed E-state index contributed by atoms with van der Waals surface area (Å²) in [5, 5.41) is 0.552. The summed E-state index contributed by atoms with van der Waals surface area (Å²) in [5.74, 6) is 0.643. The number of amides is 1. The molecule has 7 nitrogen and oxygen atoms in total. The molecule has 0 atom stereocenters. The van der Waals surface area contributed by atoms with Gasteiger partial charge in [-0.25, -0.2) is 9.79 Å². The Balaban J connectivity index is 1.93. The van der Waals surface area contributed by atoms with E-state index in [1.807, 2.05) is 19.1 Å². The average Bonchev–Trinajstić information content (AvgIpc) is 3.06. The normalized spacial score (nSPS) is 16.3. The van der Waals surface area contributed by atoms with E-state index in [4.69, 9.17) is 14.2 Å². The number of amidine groups is 1. The molecule has 156 valence electrons. The second-order valence-corrected chi connectivity index (χ2v) is 7.22. The quantitative estimate of drug-likeness (QED) is 0.511. The van der Waals surface area contributed by atoms with E-state index < -0.39 is 5.97 Å². The lowest BCUT2D eigenvalue weighted by atomic mass is 10.2. The molecule has 0 spiro atoms. The molecule has 1 aliphatic heterocycles. The molecule has 1 heterocycles. The molecule has 1 amide bonds. The van der Waals surface area contributed by atoms with Gasteiger partial charge in [0.15, 0.2) is 16.7 Å². The van der Waals surface area contributed by atoms with Crippen LogP contribution < -0.4 is 9.47 Å². The highest BCUT2D eigenvalue weighted by molar-refractivity contribution is 8.18. The molecule has 1 aliphatic rings. The molecule has 0 saturated carbocycles. The molecule has 30 heavy (non-hydrogen) atoms. The number of esters is 1. The number of nitrogens with zero attached hydrogens (tertiary/aromatic N) is 2. The van der Waals surface area contributed by atoms with Crippen molar-refractivity contribution in [2.75, 3.05) is 27.9 Å². The molecule has 8 heteroatoms. The highest BCUT2D eigenvalue weighted by Crippen LogP contribution is 2.35. The minimum Gasteiger partial charge on any atom is -0.493 e. The van der Waals surface area contributed by atoms with E-state index in [0.29, 0.717) is 39.4 Å². The number of rotatable bonds is 6. The molecule has 0 bridgehead atoms. The summed E-state index contributed by atoms with van der Waals surface area (Å²) in [6.07, 6.45) is 1.80. The number of methoxy groups -OCH3 is 3. The molecule has 3 rings (SSSR count). The predicted molar refractivity (Wildman–Crippen MR) is 117 cm³/mol. The summed E-state index contributed by atoms with van der Waals surface area (Å²) >= 11 is 1.28. The van der Waals surface area contributed by atoms with Crippen molar-refractivity contribution in [2.45, 2.75) is 6.92 Å². The molecule has 2 aromatic carbocycles. The maximum Gasteiger partial charge on any atom is 0.337 e. The van der Waals surface area contributed by atoms with Gasteiger partial charge in [-0.2, -0.15) is 0 Å². The number of thioether (sulfide) groups is 1. The third kappa shape index (κ3) is 4.49. The predicted octanol–water partition coefficient (Wildman–Crippen LogP) is 4.11. The Kier molecular flexibility index (Phi) is 6.79. The Hall–Kier alpha value is -3.26. The lowest BCUT2D eigenvalue weighted by molar-refractivity contribution is -0.122. The zero-order valence-electron chi connectivity index (χ0n) is 17.2. The summed E-state index contributed by atoms with van der Waals surface area (Å²) in [7, 11) is 4.47. The second kappa shape index (κ2) is 9.49. The number of hydrogen-bond acceptors (Lipinski definition) is 7. The van der Waals surface area contributed by atoms with Gasteiger partial charge in [0, 0.05) is 6.54 Å². The first-order valence-electron chi connectivity index (χ1n) is 9.21. The highest BCUT2D eigenvalue weighted by atomic mass is 32.2. The van der Waals surface area contributed by atoms with Crippen LogP contribution >= 0.6 is 11.8 Å². The molecule has 0 radical (unpaired) electrons. The van der Waals surface area contributed by atoms with Gasteiger partial charge < -0.3 is 14.2 Å². The number of benzene rings is 2.